The maximum atomic E-state index is 11.6. The van der Waals surface area contributed by atoms with Crippen LogP contribution in [0.3, 0.4) is 0 Å². The molecule has 0 aromatic heterocycles. The van der Waals surface area contributed by atoms with E-state index in [1.807, 2.05) is 30.3 Å². The van der Waals surface area contributed by atoms with Crippen molar-refractivity contribution in [1.29, 1.82) is 0 Å². The van der Waals surface area contributed by atoms with Crippen molar-refractivity contribution < 1.29 is 24.2 Å². The van der Waals surface area contributed by atoms with Gasteiger partial charge in [0.2, 0.25) is 0 Å². The molecule has 1 rings (SSSR count). The number of carbonyl (C=O) groups is 2. The van der Waals surface area contributed by atoms with Crippen LogP contribution in [0.2, 0.25) is 0 Å². The first-order chi connectivity index (χ1) is 11.2. The Morgan fingerprint density at radius 1 is 0.913 bits per heavy atom. The molecule has 0 saturated heterocycles. The Balaban J connectivity index is 1.87. The summed E-state index contributed by atoms with van der Waals surface area (Å²) in [5.41, 5.74) is 1.01. The van der Waals surface area contributed by atoms with E-state index in [0.717, 1.165) is 44.1 Å². The van der Waals surface area contributed by atoms with E-state index in [1.54, 1.807) is 0 Å². The van der Waals surface area contributed by atoms with Crippen LogP contribution in [0.5, 0.6) is 0 Å². The quantitative estimate of drug-likeness (QED) is 0.444. The Morgan fingerprint density at radius 2 is 1.57 bits per heavy atom. The van der Waals surface area contributed by atoms with Crippen LogP contribution >= 0.6 is 0 Å². The van der Waals surface area contributed by atoms with Crippen LogP contribution in [0.25, 0.3) is 0 Å². The summed E-state index contributed by atoms with van der Waals surface area (Å²) in [7, 11) is 0. The molecule has 23 heavy (non-hydrogen) atoms. The average Bonchev–Trinajstić information content (AvgIpc) is 2.55. The minimum Gasteiger partial charge on any atom is -0.480 e. The second-order valence-corrected chi connectivity index (χ2v) is 5.46. The van der Waals surface area contributed by atoms with Crippen molar-refractivity contribution in [3.05, 3.63) is 35.9 Å². The highest BCUT2D eigenvalue weighted by Gasteiger charge is 2.03. The number of esters is 1. The molecule has 1 N–H and O–H groups in total. The second-order valence-electron chi connectivity index (χ2n) is 5.46. The molecule has 5 nitrogen and oxygen atoms in total. The molecule has 0 amide bonds. The number of carboxylic acids is 1. The standard InChI is InChI=1S/C18H26O5/c19-17(20)15-22-13-9-4-2-1-3-8-12-18(21)23-14-16-10-6-5-7-11-16/h5-7,10-11H,1-4,8-9,12-15H2,(H,19,20). The molecule has 0 unspecified atom stereocenters. The SMILES string of the molecule is O=C(O)COCCCCCCCCC(=O)OCc1ccccc1. The topological polar surface area (TPSA) is 72.8 Å². The molecule has 0 heterocycles. The van der Waals surface area contributed by atoms with Crippen molar-refractivity contribution in [2.24, 2.45) is 0 Å². The van der Waals surface area contributed by atoms with Gasteiger partial charge in [0.25, 0.3) is 0 Å². The molecule has 0 aliphatic heterocycles. The maximum Gasteiger partial charge on any atom is 0.329 e. The molecule has 128 valence electrons. The lowest BCUT2D eigenvalue weighted by Gasteiger charge is -2.05. The van der Waals surface area contributed by atoms with Crippen molar-refractivity contribution >= 4 is 11.9 Å². The molecule has 0 aliphatic carbocycles. The average molecular weight is 322 g/mol. The summed E-state index contributed by atoms with van der Waals surface area (Å²) < 4.78 is 10.2. The Kier molecular flexibility index (Phi) is 10.5. The van der Waals surface area contributed by atoms with Gasteiger partial charge in [0.1, 0.15) is 13.2 Å². The monoisotopic (exact) mass is 322 g/mol. The van der Waals surface area contributed by atoms with Crippen LogP contribution in [-0.2, 0) is 25.7 Å². The van der Waals surface area contributed by atoms with Crippen LogP contribution in [0.1, 0.15) is 50.5 Å². The minimum absolute atomic E-state index is 0.143. The first-order valence-electron chi connectivity index (χ1n) is 8.17. The van der Waals surface area contributed by atoms with Crippen molar-refractivity contribution in [3.63, 3.8) is 0 Å². The molecule has 0 bridgehead atoms. The fraction of sp³-hybridized carbons (Fsp3) is 0.556. The van der Waals surface area contributed by atoms with Crippen molar-refractivity contribution in [3.8, 4) is 0 Å². The van der Waals surface area contributed by atoms with Gasteiger partial charge in [-0.25, -0.2) is 4.79 Å². The number of rotatable bonds is 13. The molecule has 5 heteroatoms. The van der Waals surface area contributed by atoms with Gasteiger partial charge in [0, 0.05) is 13.0 Å². The third-order valence-corrected chi connectivity index (χ3v) is 3.39. The fourth-order valence-electron chi connectivity index (χ4n) is 2.15. The van der Waals surface area contributed by atoms with E-state index in [-0.39, 0.29) is 12.6 Å². The summed E-state index contributed by atoms with van der Waals surface area (Å²) in [4.78, 5) is 21.8. The van der Waals surface area contributed by atoms with E-state index < -0.39 is 5.97 Å². The van der Waals surface area contributed by atoms with Gasteiger partial charge in [-0.1, -0.05) is 56.0 Å². The minimum atomic E-state index is -0.927. The largest absolute Gasteiger partial charge is 0.480 e. The number of carbonyl (C=O) groups excluding carboxylic acids is 1. The number of hydrogen-bond acceptors (Lipinski definition) is 4. The zero-order valence-electron chi connectivity index (χ0n) is 13.5. The summed E-state index contributed by atoms with van der Waals surface area (Å²) in [5, 5.41) is 8.40. The summed E-state index contributed by atoms with van der Waals surface area (Å²) >= 11 is 0. The Hall–Kier alpha value is -1.88. The predicted molar refractivity (Wildman–Crippen MR) is 87.0 cm³/mol. The van der Waals surface area contributed by atoms with E-state index in [1.165, 1.54) is 0 Å². The van der Waals surface area contributed by atoms with E-state index in [0.29, 0.717) is 19.6 Å². The Bertz CT molecular complexity index is 444. The van der Waals surface area contributed by atoms with Crippen LogP contribution in [0.4, 0.5) is 0 Å². The number of hydrogen-bond donors (Lipinski definition) is 1. The highest BCUT2D eigenvalue weighted by atomic mass is 16.5. The molecular formula is C18H26O5. The van der Waals surface area contributed by atoms with Gasteiger partial charge >= 0.3 is 11.9 Å². The van der Waals surface area contributed by atoms with Gasteiger partial charge in [-0.05, 0) is 18.4 Å². The lowest BCUT2D eigenvalue weighted by molar-refractivity contribution is -0.145. The number of ether oxygens (including phenoxy) is 2. The molecule has 0 saturated carbocycles. The molecule has 1 aromatic rings. The third kappa shape index (κ3) is 11.4. The lowest BCUT2D eigenvalue weighted by atomic mass is 10.1. The first kappa shape index (κ1) is 19.2. The predicted octanol–water partition coefficient (Wildman–Crippen LogP) is 3.56. The van der Waals surface area contributed by atoms with Crippen LogP contribution in [0, 0.1) is 0 Å². The number of benzene rings is 1. The third-order valence-electron chi connectivity index (χ3n) is 3.39. The van der Waals surface area contributed by atoms with E-state index in [2.05, 4.69) is 0 Å². The van der Waals surface area contributed by atoms with E-state index in [4.69, 9.17) is 14.6 Å². The van der Waals surface area contributed by atoms with Crippen LogP contribution in [0.15, 0.2) is 30.3 Å². The van der Waals surface area contributed by atoms with Gasteiger partial charge < -0.3 is 14.6 Å². The van der Waals surface area contributed by atoms with Crippen molar-refractivity contribution in [2.75, 3.05) is 13.2 Å². The van der Waals surface area contributed by atoms with E-state index in [9.17, 15) is 9.59 Å². The molecule has 0 spiro atoms. The van der Waals surface area contributed by atoms with Crippen LogP contribution < -0.4 is 0 Å². The molecule has 0 radical (unpaired) electrons. The maximum absolute atomic E-state index is 11.6. The normalized spacial score (nSPS) is 10.4. The number of aliphatic carboxylic acids is 1. The molecule has 0 fully saturated rings. The van der Waals surface area contributed by atoms with Crippen molar-refractivity contribution in [2.45, 2.75) is 51.6 Å². The second kappa shape index (κ2) is 12.6. The fourth-order valence-corrected chi connectivity index (χ4v) is 2.15. The summed E-state index contributed by atoms with van der Waals surface area (Å²) in [5.74, 6) is -1.07. The van der Waals surface area contributed by atoms with E-state index >= 15 is 0 Å². The van der Waals surface area contributed by atoms with Gasteiger partial charge in [0.05, 0.1) is 0 Å². The summed E-state index contributed by atoms with van der Waals surface area (Å²) in [6.45, 7) is 0.624. The van der Waals surface area contributed by atoms with Gasteiger partial charge in [0.15, 0.2) is 0 Å². The van der Waals surface area contributed by atoms with Crippen LogP contribution in [-0.4, -0.2) is 30.3 Å². The van der Waals surface area contributed by atoms with Crippen molar-refractivity contribution in [1.82, 2.24) is 0 Å². The Labute approximate surface area is 137 Å². The number of carboxylic acid groups (broad SMARTS) is 1. The highest BCUT2D eigenvalue weighted by molar-refractivity contribution is 5.69. The molecular weight excluding hydrogens is 296 g/mol. The van der Waals surface area contributed by atoms with Gasteiger partial charge in [-0.15, -0.1) is 0 Å². The zero-order valence-corrected chi connectivity index (χ0v) is 13.5. The zero-order chi connectivity index (χ0) is 16.8. The molecule has 0 aliphatic rings. The summed E-state index contributed by atoms with van der Waals surface area (Å²) in [6, 6.07) is 9.66. The Morgan fingerprint density at radius 3 is 2.26 bits per heavy atom. The summed E-state index contributed by atoms with van der Waals surface area (Å²) in [6.07, 6.45) is 6.39. The number of unbranched alkanes of at least 4 members (excludes halogenated alkanes) is 5. The molecule has 0 atom stereocenters. The van der Waals surface area contributed by atoms with Gasteiger partial charge in [-0.3, -0.25) is 4.79 Å². The van der Waals surface area contributed by atoms with Gasteiger partial charge in [-0.2, -0.15) is 0 Å². The highest BCUT2D eigenvalue weighted by Crippen LogP contribution is 2.09. The molecule has 1 aromatic carbocycles. The lowest BCUT2D eigenvalue weighted by Crippen LogP contribution is -2.07. The first-order valence-corrected chi connectivity index (χ1v) is 8.17. The smallest absolute Gasteiger partial charge is 0.329 e.